The van der Waals surface area contributed by atoms with Gasteiger partial charge in [-0.05, 0) is 37.3 Å². The maximum Gasteiger partial charge on any atom is 0.266 e. The molecule has 25 heavy (non-hydrogen) atoms. The van der Waals surface area contributed by atoms with Crippen LogP contribution >= 0.6 is 23.4 Å². The molecule has 0 spiro atoms. The predicted octanol–water partition coefficient (Wildman–Crippen LogP) is 3.13. The van der Waals surface area contributed by atoms with Crippen LogP contribution in [0.5, 0.6) is 0 Å². The molecule has 0 saturated heterocycles. The third-order valence-corrected chi connectivity index (χ3v) is 4.27. The minimum atomic E-state index is -0.128. The van der Waals surface area contributed by atoms with Gasteiger partial charge in [-0.2, -0.15) is 10.4 Å². The Balaban J connectivity index is 1.96. The first-order valence-corrected chi connectivity index (χ1v) is 9.32. The highest BCUT2D eigenvalue weighted by molar-refractivity contribution is 8.13. The fourth-order valence-electron chi connectivity index (χ4n) is 2.14. The zero-order valence-corrected chi connectivity index (χ0v) is 15.3. The van der Waals surface area contributed by atoms with Gasteiger partial charge in [0, 0.05) is 29.7 Å². The quantitative estimate of drug-likeness (QED) is 0.276. The number of hydrogen-bond acceptors (Lipinski definition) is 5. The van der Waals surface area contributed by atoms with Crippen molar-refractivity contribution in [2.45, 2.75) is 19.4 Å². The number of aryl methyl sites for hydroxylation is 1. The normalized spacial score (nSPS) is 11.2. The summed E-state index contributed by atoms with van der Waals surface area (Å²) < 4.78 is 1.47. The van der Waals surface area contributed by atoms with Crippen molar-refractivity contribution in [1.82, 2.24) is 15.1 Å². The summed E-state index contributed by atoms with van der Waals surface area (Å²) in [6.07, 6.45) is 5.28. The van der Waals surface area contributed by atoms with E-state index in [4.69, 9.17) is 16.9 Å². The van der Waals surface area contributed by atoms with Gasteiger partial charge >= 0.3 is 0 Å². The van der Waals surface area contributed by atoms with Gasteiger partial charge in [-0.1, -0.05) is 35.5 Å². The van der Waals surface area contributed by atoms with Gasteiger partial charge in [-0.3, -0.25) is 15.1 Å². The molecule has 6 nitrogen and oxygen atoms in total. The summed E-state index contributed by atoms with van der Waals surface area (Å²) in [4.78, 5) is 16.2. The van der Waals surface area contributed by atoms with Gasteiger partial charge in [-0.15, -0.1) is 0 Å². The fraction of sp³-hybridized carbons (Fsp3) is 0.294. The number of nitrogens with zero attached hydrogens (tertiary/aromatic N) is 4. The van der Waals surface area contributed by atoms with E-state index < -0.39 is 0 Å². The SMILES string of the molecule is CSC(=NCCCCn1nc(-c2ccc(Cl)cc2)ccc1=O)NC#N. The highest BCUT2D eigenvalue weighted by Crippen LogP contribution is 2.18. The van der Waals surface area contributed by atoms with Crippen LogP contribution in [0.4, 0.5) is 0 Å². The van der Waals surface area contributed by atoms with Crippen molar-refractivity contribution < 1.29 is 0 Å². The lowest BCUT2D eigenvalue weighted by molar-refractivity contribution is 0.537. The van der Waals surface area contributed by atoms with E-state index in [1.165, 1.54) is 22.5 Å². The summed E-state index contributed by atoms with van der Waals surface area (Å²) in [6, 6.07) is 10.6. The summed E-state index contributed by atoms with van der Waals surface area (Å²) in [7, 11) is 0. The van der Waals surface area contributed by atoms with Crippen LogP contribution in [0, 0.1) is 11.5 Å². The second-order valence-electron chi connectivity index (χ2n) is 5.12. The number of nitriles is 1. The molecule has 0 aliphatic heterocycles. The Hall–Kier alpha value is -2.30. The van der Waals surface area contributed by atoms with Gasteiger partial charge in [0.15, 0.2) is 11.4 Å². The molecule has 1 aromatic carbocycles. The van der Waals surface area contributed by atoms with E-state index in [0.29, 0.717) is 23.3 Å². The standard InChI is InChI=1S/C17H18ClN5OS/c1-25-17(21-12-19)20-10-2-3-11-23-16(24)9-8-15(22-23)13-4-6-14(18)7-5-13/h4-9H,2-3,10-11H2,1H3,(H,20,21). The van der Waals surface area contributed by atoms with E-state index in [2.05, 4.69) is 15.4 Å². The predicted molar refractivity (Wildman–Crippen MR) is 103 cm³/mol. The maximum atomic E-state index is 12.0. The molecule has 0 fully saturated rings. The maximum absolute atomic E-state index is 12.0. The summed E-state index contributed by atoms with van der Waals surface area (Å²) in [5, 5.41) is 16.8. The number of unbranched alkanes of at least 4 members (excludes halogenated alkanes) is 1. The number of hydrogen-bond donors (Lipinski definition) is 1. The number of aromatic nitrogens is 2. The van der Waals surface area contributed by atoms with Crippen LogP contribution in [0.2, 0.25) is 5.02 Å². The minimum Gasteiger partial charge on any atom is -0.272 e. The molecule has 0 aliphatic rings. The van der Waals surface area contributed by atoms with Gasteiger partial charge in [0.2, 0.25) is 0 Å². The zero-order valence-electron chi connectivity index (χ0n) is 13.8. The van der Waals surface area contributed by atoms with E-state index in [1.54, 1.807) is 18.2 Å². The smallest absolute Gasteiger partial charge is 0.266 e. The van der Waals surface area contributed by atoms with Crippen LogP contribution in [0.25, 0.3) is 11.3 Å². The Kier molecular flexibility index (Phi) is 7.51. The van der Waals surface area contributed by atoms with Crippen LogP contribution in [0.1, 0.15) is 12.8 Å². The van der Waals surface area contributed by atoms with Crippen molar-refractivity contribution in [3.8, 4) is 17.5 Å². The Morgan fingerprint density at radius 2 is 2.08 bits per heavy atom. The fourth-order valence-corrected chi connectivity index (χ4v) is 2.63. The molecular weight excluding hydrogens is 358 g/mol. The summed E-state index contributed by atoms with van der Waals surface area (Å²) in [5.41, 5.74) is 1.52. The lowest BCUT2D eigenvalue weighted by Crippen LogP contribution is -2.22. The Morgan fingerprint density at radius 1 is 1.32 bits per heavy atom. The summed E-state index contributed by atoms with van der Waals surface area (Å²) >= 11 is 7.29. The highest BCUT2D eigenvalue weighted by atomic mass is 35.5. The number of benzene rings is 1. The average molecular weight is 376 g/mol. The second-order valence-corrected chi connectivity index (χ2v) is 6.35. The molecule has 0 saturated carbocycles. The monoisotopic (exact) mass is 375 g/mol. The molecule has 8 heteroatoms. The molecule has 2 rings (SSSR count). The van der Waals surface area contributed by atoms with E-state index in [1.807, 2.05) is 24.6 Å². The second kappa shape index (κ2) is 9.87. The Labute approximate surface area is 155 Å². The first-order chi connectivity index (χ1) is 12.1. The highest BCUT2D eigenvalue weighted by Gasteiger charge is 2.04. The van der Waals surface area contributed by atoms with Gasteiger partial charge in [0.05, 0.1) is 5.69 Å². The van der Waals surface area contributed by atoms with Crippen molar-refractivity contribution in [1.29, 1.82) is 5.26 Å². The third-order valence-electron chi connectivity index (χ3n) is 3.40. The van der Waals surface area contributed by atoms with Gasteiger partial charge in [0.25, 0.3) is 5.56 Å². The molecule has 0 unspecified atom stereocenters. The number of thioether (sulfide) groups is 1. The van der Waals surface area contributed by atoms with Gasteiger partial charge in [0.1, 0.15) is 0 Å². The van der Waals surface area contributed by atoms with Crippen LogP contribution < -0.4 is 10.9 Å². The van der Waals surface area contributed by atoms with Crippen LogP contribution in [-0.2, 0) is 6.54 Å². The molecule has 1 heterocycles. The van der Waals surface area contributed by atoms with Crippen molar-refractivity contribution in [2.24, 2.45) is 4.99 Å². The number of nitrogens with one attached hydrogen (secondary N) is 1. The van der Waals surface area contributed by atoms with E-state index in [-0.39, 0.29) is 5.56 Å². The molecule has 1 aromatic heterocycles. The van der Waals surface area contributed by atoms with Crippen LogP contribution in [0.3, 0.4) is 0 Å². The zero-order chi connectivity index (χ0) is 18.1. The third kappa shape index (κ3) is 5.93. The molecule has 0 atom stereocenters. The lowest BCUT2D eigenvalue weighted by atomic mass is 10.1. The number of amidine groups is 1. The van der Waals surface area contributed by atoms with E-state index in [0.717, 1.165) is 24.1 Å². The average Bonchev–Trinajstić information content (AvgIpc) is 2.62. The van der Waals surface area contributed by atoms with E-state index in [9.17, 15) is 4.79 Å². The van der Waals surface area contributed by atoms with Crippen molar-refractivity contribution in [2.75, 3.05) is 12.8 Å². The number of halogens is 1. The van der Waals surface area contributed by atoms with Crippen LogP contribution in [0.15, 0.2) is 46.2 Å². The molecule has 0 amide bonds. The first-order valence-electron chi connectivity index (χ1n) is 7.71. The first kappa shape index (κ1) is 19.0. The lowest BCUT2D eigenvalue weighted by Gasteiger charge is -2.07. The minimum absolute atomic E-state index is 0.128. The van der Waals surface area contributed by atoms with Gasteiger partial charge < -0.3 is 0 Å². The topological polar surface area (TPSA) is 83.1 Å². The van der Waals surface area contributed by atoms with Crippen molar-refractivity contribution in [3.05, 3.63) is 51.8 Å². The Morgan fingerprint density at radius 3 is 2.76 bits per heavy atom. The van der Waals surface area contributed by atoms with Crippen LogP contribution in [-0.4, -0.2) is 27.7 Å². The van der Waals surface area contributed by atoms with Crippen molar-refractivity contribution in [3.63, 3.8) is 0 Å². The Bertz CT molecular complexity index is 826. The molecule has 0 aliphatic carbocycles. The van der Waals surface area contributed by atoms with Gasteiger partial charge in [-0.25, -0.2) is 4.68 Å². The molecular formula is C17H18ClN5OS. The summed E-state index contributed by atoms with van der Waals surface area (Å²) in [6.45, 7) is 1.12. The molecule has 1 N–H and O–H groups in total. The molecule has 0 bridgehead atoms. The number of rotatable bonds is 6. The molecule has 130 valence electrons. The molecule has 2 aromatic rings. The van der Waals surface area contributed by atoms with Crippen molar-refractivity contribution >= 4 is 28.5 Å². The largest absolute Gasteiger partial charge is 0.272 e. The number of aliphatic imine (C=N–C) groups is 1. The van der Waals surface area contributed by atoms with E-state index >= 15 is 0 Å². The molecule has 0 radical (unpaired) electrons. The summed E-state index contributed by atoms with van der Waals surface area (Å²) in [5.74, 6) is 0.